The lowest BCUT2D eigenvalue weighted by Gasteiger charge is -2.12. The van der Waals surface area contributed by atoms with Crippen LogP contribution < -0.4 is 5.32 Å². The fraction of sp³-hybridized carbons (Fsp3) is 0.786. The number of hydrogen-bond donors (Lipinski definition) is 1. The highest BCUT2D eigenvalue weighted by molar-refractivity contribution is 7.11. The second-order valence-corrected chi connectivity index (χ2v) is 6.07. The van der Waals surface area contributed by atoms with Crippen LogP contribution in [0.25, 0.3) is 0 Å². The van der Waals surface area contributed by atoms with Crippen molar-refractivity contribution in [3.63, 3.8) is 0 Å². The Morgan fingerprint density at radius 1 is 1.39 bits per heavy atom. The van der Waals surface area contributed by atoms with Gasteiger partial charge >= 0.3 is 0 Å². The molecular weight excluding hydrogens is 244 g/mol. The topological polar surface area (TPSA) is 34.1 Å². The zero-order chi connectivity index (χ0) is 13.4. The maximum atomic E-state index is 5.75. The molecule has 1 atom stereocenters. The van der Waals surface area contributed by atoms with Crippen LogP contribution in [0, 0.1) is 5.92 Å². The van der Waals surface area contributed by atoms with E-state index in [1.54, 1.807) is 11.3 Å². The zero-order valence-corrected chi connectivity index (χ0v) is 12.8. The zero-order valence-electron chi connectivity index (χ0n) is 12.0. The molecule has 1 rings (SSSR count). The van der Waals surface area contributed by atoms with Crippen molar-refractivity contribution >= 4 is 11.3 Å². The third-order valence-electron chi connectivity index (χ3n) is 2.62. The minimum Gasteiger partial charge on any atom is -0.371 e. The average molecular weight is 270 g/mol. The molecule has 0 fully saturated rings. The molecule has 0 radical (unpaired) electrons. The summed E-state index contributed by atoms with van der Waals surface area (Å²) in [5, 5.41) is 4.57. The molecule has 0 aromatic carbocycles. The highest BCUT2D eigenvalue weighted by atomic mass is 32.1. The number of aromatic nitrogens is 1. The molecule has 1 aromatic rings. The van der Waals surface area contributed by atoms with Crippen LogP contribution in [0.1, 0.15) is 56.5 Å². The van der Waals surface area contributed by atoms with Crippen molar-refractivity contribution in [2.75, 3.05) is 13.2 Å². The smallest absolute Gasteiger partial charge is 0.122 e. The highest BCUT2D eigenvalue weighted by Crippen LogP contribution is 2.26. The van der Waals surface area contributed by atoms with Gasteiger partial charge in [0.1, 0.15) is 11.1 Å². The van der Waals surface area contributed by atoms with E-state index in [4.69, 9.17) is 4.74 Å². The Morgan fingerprint density at radius 2 is 2.17 bits per heavy atom. The molecule has 3 nitrogen and oxygen atoms in total. The van der Waals surface area contributed by atoms with E-state index in [-0.39, 0.29) is 6.10 Å². The van der Waals surface area contributed by atoms with Crippen molar-refractivity contribution < 1.29 is 4.74 Å². The second kappa shape index (κ2) is 8.62. The Kier molecular flexibility index (Phi) is 7.47. The minimum absolute atomic E-state index is 0.184. The summed E-state index contributed by atoms with van der Waals surface area (Å²) in [6.45, 7) is 11.4. The summed E-state index contributed by atoms with van der Waals surface area (Å²) in [7, 11) is 0. The summed E-state index contributed by atoms with van der Waals surface area (Å²) in [6.07, 6.45) is 4.35. The third kappa shape index (κ3) is 5.46. The molecule has 0 spiro atoms. The van der Waals surface area contributed by atoms with Gasteiger partial charge in [0.2, 0.25) is 0 Å². The van der Waals surface area contributed by atoms with Crippen molar-refractivity contribution in [1.29, 1.82) is 0 Å². The lowest BCUT2D eigenvalue weighted by atomic mass is 10.2. The van der Waals surface area contributed by atoms with Gasteiger partial charge in [0, 0.05) is 24.2 Å². The first kappa shape index (κ1) is 15.6. The van der Waals surface area contributed by atoms with Crippen molar-refractivity contribution in [2.24, 2.45) is 5.92 Å². The van der Waals surface area contributed by atoms with Crippen LogP contribution in [0.5, 0.6) is 0 Å². The summed E-state index contributed by atoms with van der Waals surface area (Å²) < 4.78 is 5.75. The molecular formula is C14H26N2OS. The van der Waals surface area contributed by atoms with E-state index >= 15 is 0 Å². The van der Waals surface area contributed by atoms with Crippen LogP contribution in [-0.4, -0.2) is 18.1 Å². The predicted octanol–water partition coefficient (Wildman–Crippen LogP) is 3.77. The number of ether oxygens (including phenoxy) is 1. The van der Waals surface area contributed by atoms with Gasteiger partial charge in [-0.25, -0.2) is 4.98 Å². The molecule has 1 N–H and O–H groups in total. The fourth-order valence-corrected chi connectivity index (χ4v) is 2.75. The molecule has 0 saturated carbocycles. The normalized spacial score (nSPS) is 13.2. The second-order valence-electron chi connectivity index (χ2n) is 4.92. The van der Waals surface area contributed by atoms with Gasteiger partial charge < -0.3 is 10.1 Å². The van der Waals surface area contributed by atoms with Gasteiger partial charge in [-0.2, -0.15) is 0 Å². The third-order valence-corrected chi connectivity index (χ3v) is 3.71. The van der Waals surface area contributed by atoms with E-state index in [1.807, 2.05) is 13.1 Å². The first-order valence-electron chi connectivity index (χ1n) is 6.94. The Bertz CT molecular complexity index is 319. The summed E-state index contributed by atoms with van der Waals surface area (Å²) in [6, 6.07) is 0. The van der Waals surface area contributed by atoms with Crippen LogP contribution in [0.2, 0.25) is 0 Å². The number of rotatable bonds is 9. The van der Waals surface area contributed by atoms with E-state index in [1.165, 1.54) is 4.88 Å². The van der Waals surface area contributed by atoms with Crippen LogP contribution in [0.15, 0.2) is 6.20 Å². The maximum absolute atomic E-state index is 5.75. The molecule has 18 heavy (non-hydrogen) atoms. The molecule has 1 unspecified atom stereocenters. The van der Waals surface area contributed by atoms with Crippen molar-refractivity contribution in [3.05, 3.63) is 16.1 Å². The molecule has 104 valence electrons. The van der Waals surface area contributed by atoms with Gasteiger partial charge in [-0.15, -0.1) is 11.3 Å². The molecule has 0 aliphatic heterocycles. The molecule has 1 heterocycles. The number of thiazole rings is 1. The first-order valence-corrected chi connectivity index (χ1v) is 7.75. The number of nitrogens with zero attached hydrogens (tertiary/aromatic N) is 1. The van der Waals surface area contributed by atoms with Gasteiger partial charge in [-0.3, -0.25) is 0 Å². The molecule has 4 heteroatoms. The summed E-state index contributed by atoms with van der Waals surface area (Å²) in [5.74, 6) is 0.689. The van der Waals surface area contributed by atoms with Crippen molar-refractivity contribution in [1.82, 2.24) is 10.3 Å². The van der Waals surface area contributed by atoms with Gasteiger partial charge in [0.15, 0.2) is 0 Å². The van der Waals surface area contributed by atoms with Gasteiger partial charge in [0.05, 0.1) is 0 Å². The SMILES string of the molecule is CCCC(OCC)c1ncc(CNCC(C)C)s1. The standard InChI is InChI=1S/C14H26N2OS/c1-5-7-13(17-6-2)14-16-10-12(18-14)9-15-8-11(3)4/h10-11,13,15H,5-9H2,1-4H3. The Balaban J connectivity index is 2.49. The predicted molar refractivity (Wildman–Crippen MR) is 77.9 cm³/mol. The molecule has 0 bridgehead atoms. The molecule has 0 saturated heterocycles. The lowest BCUT2D eigenvalue weighted by molar-refractivity contribution is 0.0555. The van der Waals surface area contributed by atoms with E-state index in [0.29, 0.717) is 5.92 Å². The summed E-state index contributed by atoms with van der Waals surface area (Å²) in [4.78, 5) is 5.80. The number of hydrogen-bond acceptors (Lipinski definition) is 4. The van der Waals surface area contributed by atoms with E-state index < -0.39 is 0 Å². The van der Waals surface area contributed by atoms with E-state index in [9.17, 15) is 0 Å². The summed E-state index contributed by atoms with van der Waals surface area (Å²) >= 11 is 1.77. The van der Waals surface area contributed by atoms with Crippen molar-refractivity contribution in [2.45, 2.75) is 53.2 Å². The molecule has 0 amide bonds. The van der Waals surface area contributed by atoms with Crippen LogP contribution >= 0.6 is 11.3 Å². The minimum atomic E-state index is 0.184. The highest BCUT2D eigenvalue weighted by Gasteiger charge is 2.14. The molecule has 0 aliphatic rings. The van der Waals surface area contributed by atoms with Crippen LogP contribution in [-0.2, 0) is 11.3 Å². The maximum Gasteiger partial charge on any atom is 0.122 e. The monoisotopic (exact) mass is 270 g/mol. The van der Waals surface area contributed by atoms with E-state index in [0.717, 1.165) is 37.5 Å². The number of nitrogens with one attached hydrogen (secondary N) is 1. The Morgan fingerprint density at radius 3 is 2.78 bits per heavy atom. The quantitative estimate of drug-likeness (QED) is 0.742. The van der Waals surface area contributed by atoms with Crippen LogP contribution in [0.4, 0.5) is 0 Å². The Hall–Kier alpha value is -0.450. The van der Waals surface area contributed by atoms with Crippen LogP contribution in [0.3, 0.4) is 0 Å². The lowest BCUT2D eigenvalue weighted by Crippen LogP contribution is -2.18. The largest absolute Gasteiger partial charge is 0.371 e. The Labute approximate surface area is 115 Å². The van der Waals surface area contributed by atoms with Gasteiger partial charge in [0.25, 0.3) is 0 Å². The average Bonchev–Trinajstić information content (AvgIpc) is 2.77. The molecule has 1 aromatic heterocycles. The summed E-state index contributed by atoms with van der Waals surface area (Å²) in [5.41, 5.74) is 0. The fourth-order valence-electron chi connectivity index (χ4n) is 1.78. The molecule has 0 aliphatic carbocycles. The van der Waals surface area contributed by atoms with Gasteiger partial charge in [-0.05, 0) is 25.8 Å². The van der Waals surface area contributed by atoms with E-state index in [2.05, 4.69) is 31.1 Å². The first-order chi connectivity index (χ1) is 8.67. The van der Waals surface area contributed by atoms with Gasteiger partial charge in [-0.1, -0.05) is 27.2 Å². The van der Waals surface area contributed by atoms with Crippen molar-refractivity contribution in [3.8, 4) is 0 Å².